The van der Waals surface area contributed by atoms with E-state index in [2.05, 4.69) is 0 Å². The maximum absolute atomic E-state index is 12.0. The van der Waals surface area contributed by atoms with Gasteiger partial charge in [-0.2, -0.15) is 13.2 Å². The largest absolute Gasteiger partial charge is 0.480 e. The predicted octanol–water partition coefficient (Wildman–Crippen LogP) is 0.948. The fourth-order valence-corrected chi connectivity index (χ4v) is 1.98. The number of amides is 1. The van der Waals surface area contributed by atoms with Gasteiger partial charge in [0.25, 0.3) is 0 Å². The highest BCUT2D eigenvalue weighted by Crippen LogP contribution is 2.22. The summed E-state index contributed by atoms with van der Waals surface area (Å²) in [5.41, 5.74) is 0. The third-order valence-electron chi connectivity index (χ3n) is 2.92. The summed E-state index contributed by atoms with van der Waals surface area (Å²) >= 11 is 0. The summed E-state index contributed by atoms with van der Waals surface area (Å²) in [5.74, 6) is -1.47. The van der Waals surface area contributed by atoms with Gasteiger partial charge in [0.05, 0.1) is 13.0 Å². The number of carbonyl (C=O) groups excluding carboxylic acids is 1. The summed E-state index contributed by atoms with van der Waals surface area (Å²) < 4.78 is 36.1. The van der Waals surface area contributed by atoms with Crippen molar-refractivity contribution in [3.05, 3.63) is 0 Å². The fourth-order valence-electron chi connectivity index (χ4n) is 1.98. The number of alkyl halides is 3. The van der Waals surface area contributed by atoms with Gasteiger partial charge in [0.15, 0.2) is 0 Å². The first-order chi connectivity index (χ1) is 8.78. The summed E-state index contributed by atoms with van der Waals surface area (Å²) in [5, 5.41) is 8.66. The van der Waals surface area contributed by atoms with E-state index in [-0.39, 0.29) is 13.1 Å². The number of hydrogen-bond acceptors (Lipinski definition) is 3. The molecular formula is C11H17F3N2O3. The van der Waals surface area contributed by atoms with E-state index in [0.29, 0.717) is 26.1 Å². The van der Waals surface area contributed by atoms with E-state index in [1.54, 1.807) is 4.90 Å². The van der Waals surface area contributed by atoms with Crippen molar-refractivity contribution >= 4 is 11.9 Å². The smallest absolute Gasteiger partial charge is 0.389 e. The summed E-state index contributed by atoms with van der Waals surface area (Å²) in [7, 11) is 0. The predicted molar refractivity (Wildman–Crippen MR) is 60.6 cm³/mol. The topological polar surface area (TPSA) is 60.9 Å². The molecule has 0 bridgehead atoms. The van der Waals surface area contributed by atoms with Gasteiger partial charge in [0.2, 0.25) is 5.91 Å². The minimum Gasteiger partial charge on any atom is -0.480 e. The molecule has 8 heteroatoms. The zero-order valence-electron chi connectivity index (χ0n) is 10.4. The van der Waals surface area contributed by atoms with Crippen molar-refractivity contribution in [1.82, 2.24) is 9.80 Å². The van der Waals surface area contributed by atoms with Crippen molar-refractivity contribution in [3.8, 4) is 0 Å². The van der Waals surface area contributed by atoms with Gasteiger partial charge in [-0.05, 0) is 6.42 Å². The lowest BCUT2D eigenvalue weighted by atomic mass is 10.2. The summed E-state index contributed by atoms with van der Waals surface area (Å²) in [6.45, 7) is 1.47. The van der Waals surface area contributed by atoms with Crippen molar-refractivity contribution < 1.29 is 27.9 Å². The molecule has 5 nitrogen and oxygen atoms in total. The Bertz CT molecular complexity index is 334. The average Bonchev–Trinajstić information content (AvgIpc) is 2.50. The molecule has 0 aliphatic carbocycles. The first-order valence-corrected chi connectivity index (χ1v) is 6.06. The minimum absolute atomic E-state index is 0.107. The molecule has 0 aromatic rings. The lowest BCUT2D eigenvalue weighted by Gasteiger charge is -2.21. The van der Waals surface area contributed by atoms with Crippen molar-refractivity contribution in [3.63, 3.8) is 0 Å². The molecule has 0 spiro atoms. The highest BCUT2D eigenvalue weighted by molar-refractivity contribution is 5.76. The number of hydrogen-bond donors (Lipinski definition) is 1. The van der Waals surface area contributed by atoms with Crippen LogP contribution in [0.1, 0.15) is 19.3 Å². The third-order valence-corrected chi connectivity index (χ3v) is 2.92. The Balaban J connectivity index is 2.39. The molecule has 1 aliphatic rings. The number of halogens is 3. The molecule has 1 aliphatic heterocycles. The minimum atomic E-state index is -4.32. The van der Waals surface area contributed by atoms with Crippen LogP contribution in [0.2, 0.25) is 0 Å². The maximum atomic E-state index is 12.0. The van der Waals surface area contributed by atoms with E-state index in [1.807, 2.05) is 0 Å². The average molecular weight is 282 g/mol. The van der Waals surface area contributed by atoms with Gasteiger partial charge < -0.3 is 10.0 Å². The van der Waals surface area contributed by atoms with E-state index < -0.39 is 30.9 Å². The van der Waals surface area contributed by atoms with Crippen molar-refractivity contribution in [2.45, 2.75) is 25.4 Å². The van der Waals surface area contributed by atoms with Crippen LogP contribution in [0.15, 0.2) is 0 Å². The van der Waals surface area contributed by atoms with Gasteiger partial charge in [-0.3, -0.25) is 14.5 Å². The van der Waals surface area contributed by atoms with Gasteiger partial charge >= 0.3 is 12.1 Å². The molecule has 0 atom stereocenters. The second kappa shape index (κ2) is 6.74. The van der Waals surface area contributed by atoms with Crippen molar-refractivity contribution in [1.29, 1.82) is 0 Å². The quantitative estimate of drug-likeness (QED) is 0.834. The van der Waals surface area contributed by atoms with Crippen molar-refractivity contribution in [2.24, 2.45) is 0 Å². The van der Waals surface area contributed by atoms with Crippen LogP contribution in [0, 0.1) is 0 Å². The van der Waals surface area contributed by atoms with Crippen LogP contribution in [0.4, 0.5) is 13.2 Å². The van der Waals surface area contributed by atoms with E-state index in [4.69, 9.17) is 5.11 Å². The number of aliphatic carboxylic acids is 1. The second-order valence-corrected chi connectivity index (χ2v) is 4.52. The van der Waals surface area contributed by atoms with Gasteiger partial charge in [-0.25, -0.2) is 0 Å². The Kier molecular flexibility index (Phi) is 5.59. The first-order valence-electron chi connectivity index (χ1n) is 6.06. The van der Waals surface area contributed by atoms with Crippen LogP contribution >= 0.6 is 0 Å². The number of carboxylic acid groups (broad SMARTS) is 1. The van der Waals surface area contributed by atoms with Crippen LogP contribution in [-0.4, -0.2) is 65.7 Å². The molecule has 19 heavy (non-hydrogen) atoms. The Morgan fingerprint density at radius 2 is 1.79 bits per heavy atom. The van der Waals surface area contributed by atoms with Gasteiger partial charge in [0, 0.05) is 32.6 Å². The van der Waals surface area contributed by atoms with E-state index >= 15 is 0 Å². The van der Waals surface area contributed by atoms with E-state index in [1.165, 1.54) is 4.90 Å². The molecule has 1 saturated heterocycles. The molecule has 1 heterocycles. The highest BCUT2D eigenvalue weighted by atomic mass is 19.4. The summed E-state index contributed by atoms with van der Waals surface area (Å²) in [4.78, 5) is 25.2. The summed E-state index contributed by atoms with van der Waals surface area (Å²) in [6, 6.07) is 0. The van der Waals surface area contributed by atoms with Gasteiger partial charge in [-0.1, -0.05) is 0 Å². The van der Waals surface area contributed by atoms with Gasteiger partial charge in [-0.15, -0.1) is 0 Å². The van der Waals surface area contributed by atoms with Crippen LogP contribution < -0.4 is 0 Å². The Morgan fingerprint density at radius 1 is 1.11 bits per heavy atom. The first kappa shape index (κ1) is 15.7. The molecule has 0 unspecified atom stereocenters. The maximum Gasteiger partial charge on any atom is 0.389 e. The fraction of sp³-hybridized carbons (Fsp3) is 0.818. The van der Waals surface area contributed by atoms with Gasteiger partial charge in [0.1, 0.15) is 0 Å². The zero-order chi connectivity index (χ0) is 14.5. The molecule has 0 saturated carbocycles. The molecule has 110 valence electrons. The van der Waals surface area contributed by atoms with E-state index in [0.717, 1.165) is 0 Å². The Morgan fingerprint density at radius 3 is 2.37 bits per heavy atom. The number of carboxylic acids is 1. The molecule has 1 fully saturated rings. The van der Waals surface area contributed by atoms with Crippen LogP contribution in [0.25, 0.3) is 0 Å². The lowest BCUT2D eigenvalue weighted by Crippen LogP contribution is -2.37. The second-order valence-electron chi connectivity index (χ2n) is 4.52. The monoisotopic (exact) mass is 282 g/mol. The number of carbonyl (C=O) groups is 2. The third kappa shape index (κ3) is 6.42. The highest BCUT2D eigenvalue weighted by Gasteiger charge is 2.29. The SMILES string of the molecule is O=C(O)CN1CCCN(C(=O)CCC(F)(F)F)CC1. The molecule has 0 radical (unpaired) electrons. The number of nitrogens with zero attached hydrogens (tertiary/aromatic N) is 2. The lowest BCUT2D eigenvalue weighted by molar-refractivity contribution is -0.149. The molecule has 0 aromatic heterocycles. The van der Waals surface area contributed by atoms with Crippen LogP contribution in [0.5, 0.6) is 0 Å². The zero-order valence-corrected chi connectivity index (χ0v) is 10.4. The van der Waals surface area contributed by atoms with E-state index in [9.17, 15) is 22.8 Å². The molecule has 1 rings (SSSR count). The molecule has 0 aromatic carbocycles. The molecule has 1 amide bonds. The summed E-state index contributed by atoms with van der Waals surface area (Å²) in [6.07, 6.45) is -5.40. The standard InChI is InChI=1S/C11H17F3N2O3/c12-11(13,14)3-2-9(17)16-5-1-4-15(6-7-16)8-10(18)19/h1-8H2,(H,18,19). The Hall–Kier alpha value is -1.31. The van der Waals surface area contributed by atoms with Crippen molar-refractivity contribution in [2.75, 3.05) is 32.7 Å². The van der Waals surface area contributed by atoms with Crippen LogP contribution in [-0.2, 0) is 9.59 Å². The molecule has 1 N–H and O–H groups in total. The normalized spacial score (nSPS) is 18.2. The Labute approximate surface area is 109 Å². The number of rotatable bonds is 4. The molecular weight excluding hydrogens is 265 g/mol. The van der Waals surface area contributed by atoms with Crippen LogP contribution in [0.3, 0.4) is 0 Å².